The number of rotatable bonds is 6. The van der Waals surface area contributed by atoms with Crippen LogP contribution in [0.2, 0.25) is 0 Å². The van der Waals surface area contributed by atoms with E-state index in [4.69, 9.17) is 0 Å². The fraction of sp³-hybridized carbons (Fsp3) is 0.500. The molecule has 0 aliphatic carbocycles. The van der Waals surface area contributed by atoms with E-state index >= 15 is 0 Å². The van der Waals surface area contributed by atoms with Crippen molar-refractivity contribution < 1.29 is 0 Å². The van der Waals surface area contributed by atoms with Gasteiger partial charge in [0, 0.05) is 30.0 Å². The van der Waals surface area contributed by atoms with Crippen molar-refractivity contribution in [3.05, 3.63) is 34.8 Å². The summed E-state index contributed by atoms with van der Waals surface area (Å²) in [4.78, 5) is 8.50. The van der Waals surface area contributed by atoms with E-state index in [9.17, 15) is 0 Å². The largest absolute Gasteiger partial charge is 0.337 e. The summed E-state index contributed by atoms with van der Waals surface area (Å²) in [5, 5.41) is 6.76. The Labute approximate surface area is 106 Å². The number of thiazole rings is 1. The maximum atomic E-state index is 4.48. The Balaban J connectivity index is 1.68. The molecule has 0 aliphatic heterocycles. The Morgan fingerprint density at radius 1 is 1.53 bits per heavy atom. The number of nitrogens with zero attached hydrogens (tertiary/aromatic N) is 3. The van der Waals surface area contributed by atoms with Gasteiger partial charge in [-0.1, -0.05) is 0 Å². The van der Waals surface area contributed by atoms with Crippen LogP contribution in [0.25, 0.3) is 0 Å². The quantitative estimate of drug-likeness (QED) is 0.800. The molecule has 0 saturated heterocycles. The van der Waals surface area contributed by atoms with Gasteiger partial charge in [-0.15, -0.1) is 11.3 Å². The maximum absolute atomic E-state index is 4.48. The number of aromatic nitrogens is 3. The monoisotopic (exact) mass is 250 g/mol. The number of nitrogens with one attached hydrogen (secondary N) is 1. The first-order valence-electron chi connectivity index (χ1n) is 5.87. The summed E-state index contributed by atoms with van der Waals surface area (Å²) in [7, 11) is 0. The summed E-state index contributed by atoms with van der Waals surface area (Å²) >= 11 is 1.72. The molecule has 0 saturated carbocycles. The van der Waals surface area contributed by atoms with Crippen molar-refractivity contribution in [3.8, 4) is 0 Å². The van der Waals surface area contributed by atoms with Crippen LogP contribution in [0, 0.1) is 6.92 Å². The van der Waals surface area contributed by atoms with Crippen molar-refractivity contribution in [1.29, 1.82) is 0 Å². The van der Waals surface area contributed by atoms with Crippen molar-refractivity contribution in [2.24, 2.45) is 0 Å². The van der Waals surface area contributed by atoms with Gasteiger partial charge in [-0.2, -0.15) is 0 Å². The lowest BCUT2D eigenvalue weighted by Crippen LogP contribution is -2.20. The molecule has 1 N–H and O–H groups in total. The minimum absolute atomic E-state index is 0.344. The second-order valence-corrected chi connectivity index (χ2v) is 5.05. The van der Waals surface area contributed by atoms with Crippen LogP contribution in [-0.2, 0) is 6.54 Å². The zero-order valence-corrected chi connectivity index (χ0v) is 11.1. The molecular formula is C12H18N4S. The highest BCUT2D eigenvalue weighted by Gasteiger charge is 2.07. The van der Waals surface area contributed by atoms with Gasteiger partial charge in [-0.05, 0) is 26.8 Å². The Kier molecular flexibility index (Phi) is 4.28. The fourth-order valence-electron chi connectivity index (χ4n) is 1.66. The van der Waals surface area contributed by atoms with E-state index in [2.05, 4.69) is 32.2 Å². The molecule has 0 amide bonds. The van der Waals surface area contributed by atoms with Crippen LogP contribution in [0.4, 0.5) is 0 Å². The first kappa shape index (κ1) is 12.3. The van der Waals surface area contributed by atoms with E-state index in [-0.39, 0.29) is 0 Å². The van der Waals surface area contributed by atoms with Gasteiger partial charge in [-0.3, -0.25) is 0 Å². The first-order chi connectivity index (χ1) is 8.25. The third-order valence-electron chi connectivity index (χ3n) is 2.61. The standard InChI is InChI=1S/C12H18N4S/c1-10-8-17-12(15-10)11(2)14-4-3-6-16-7-5-13-9-16/h5,7-9,11,14H,3-4,6H2,1-2H3. The minimum atomic E-state index is 0.344. The van der Waals surface area contributed by atoms with E-state index in [1.165, 1.54) is 5.01 Å². The molecule has 92 valence electrons. The van der Waals surface area contributed by atoms with E-state index in [1.54, 1.807) is 11.3 Å². The summed E-state index contributed by atoms with van der Waals surface area (Å²) in [6.07, 6.45) is 6.76. The Morgan fingerprint density at radius 2 is 2.41 bits per heavy atom. The minimum Gasteiger partial charge on any atom is -0.337 e. The van der Waals surface area contributed by atoms with Crippen molar-refractivity contribution in [1.82, 2.24) is 19.9 Å². The van der Waals surface area contributed by atoms with Gasteiger partial charge in [0.25, 0.3) is 0 Å². The van der Waals surface area contributed by atoms with Gasteiger partial charge >= 0.3 is 0 Å². The molecule has 5 heteroatoms. The van der Waals surface area contributed by atoms with Crippen LogP contribution in [0.5, 0.6) is 0 Å². The molecule has 0 radical (unpaired) electrons. The van der Waals surface area contributed by atoms with Gasteiger partial charge in [-0.25, -0.2) is 9.97 Å². The Morgan fingerprint density at radius 3 is 3.06 bits per heavy atom. The second-order valence-electron chi connectivity index (χ2n) is 4.16. The smallest absolute Gasteiger partial charge is 0.110 e. The molecule has 2 heterocycles. The van der Waals surface area contributed by atoms with Crippen molar-refractivity contribution >= 4 is 11.3 Å². The molecule has 4 nitrogen and oxygen atoms in total. The van der Waals surface area contributed by atoms with Crippen LogP contribution in [0.1, 0.15) is 30.1 Å². The molecule has 2 rings (SSSR count). The molecular weight excluding hydrogens is 232 g/mol. The first-order valence-corrected chi connectivity index (χ1v) is 6.75. The average Bonchev–Trinajstić information content (AvgIpc) is 2.95. The highest BCUT2D eigenvalue weighted by molar-refractivity contribution is 7.09. The van der Waals surface area contributed by atoms with Gasteiger partial charge in [0.1, 0.15) is 5.01 Å². The zero-order chi connectivity index (χ0) is 12.1. The molecule has 0 aromatic carbocycles. The summed E-state index contributed by atoms with van der Waals surface area (Å²) in [6.45, 7) is 6.20. The normalized spacial score (nSPS) is 12.8. The summed E-state index contributed by atoms with van der Waals surface area (Å²) in [5.41, 5.74) is 1.11. The molecule has 2 aromatic rings. The predicted molar refractivity (Wildman–Crippen MR) is 70.1 cm³/mol. The second kappa shape index (κ2) is 5.93. The van der Waals surface area contributed by atoms with Gasteiger partial charge in [0.2, 0.25) is 0 Å². The van der Waals surface area contributed by atoms with Crippen LogP contribution in [0.3, 0.4) is 0 Å². The van der Waals surface area contributed by atoms with Gasteiger partial charge in [0.15, 0.2) is 0 Å². The molecule has 0 bridgehead atoms. The van der Waals surface area contributed by atoms with Crippen LogP contribution in [0.15, 0.2) is 24.1 Å². The van der Waals surface area contributed by atoms with E-state index in [0.29, 0.717) is 6.04 Å². The average molecular weight is 250 g/mol. The molecule has 1 atom stereocenters. The lowest BCUT2D eigenvalue weighted by atomic mass is 10.3. The SMILES string of the molecule is Cc1csc(C(C)NCCCn2ccnc2)n1. The van der Waals surface area contributed by atoms with Crippen LogP contribution < -0.4 is 5.32 Å². The zero-order valence-electron chi connectivity index (χ0n) is 10.3. The maximum Gasteiger partial charge on any atom is 0.110 e. The number of hydrogen-bond acceptors (Lipinski definition) is 4. The van der Waals surface area contributed by atoms with E-state index in [0.717, 1.165) is 25.2 Å². The number of aryl methyl sites for hydroxylation is 2. The fourth-order valence-corrected chi connectivity index (χ4v) is 2.49. The lowest BCUT2D eigenvalue weighted by Gasteiger charge is -2.10. The molecule has 0 aliphatic rings. The summed E-state index contributed by atoms with van der Waals surface area (Å²) < 4.78 is 2.10. The topological polar surface area (TPSA) is 42.7 Å². The van der Waals surface area contributed by atoms with Gasteiger partial charge < -0.3 is 9.88 Å². The van der Waals surface area contributed by atoms with E-state index < -0.39 is 0 Å². The summed E-state index contributed by atoms with van der Waals surface area (Å²) in [6, 6.07) is 0.344. The molecule has 17 heavy (non-hydrogen) atoms. The van der Waals surface area contributed by atoms with Crippen LogP contribution >= 0.6 is 11.3 Å². The van der Waals surface area contributed by atoms with Crippen molar-refractivity contribution in [2.75, 3.05) is 6.54 Å². The molecule has 0 spiro atoms. The number of hydrogen-bond donors (Lipinski definition) is 1. The van der Waals surface area contributed by atoms with Crippen molar-refractivity contribution in [3.63, 3.8) is 0 Å². The molecule has 0 fully saturated rings. The molecule has 2 aromatic heterocycles. The van der Waals surface area contributed by atoms with Crippen molar-refractivity contribution in [2.45, 2.75) is 32.9 Å². The third kappa shape index (κ3) is 3.64. The lowest BCUT2D eigenvalue weighted by molar-refractivity contribution is 0.525. The number of imidazole rings is 1. The van der Waals surface area contributed by atoms with E-state index in [1.807, 2.05) is 25.6 Å². The molecule has 1 unspecified atom stereocenters. The highest BCUT2D eigenvalue weighted by atomic mass is 32.1. The Hall–Kier alpha value is -1.20. The third-order valence-corrected chi connectivity index (χ3v) is 3.76. The summed E-state index contributed by atoms with van der Waals surface area (Å²) in [5.74, 6) is 0. The van der Waals surface area contributed by atoms with Gasteiger partial charge in [0.05, 0.1) is 12.4 Å². The highest BCUT2D eigenvalue weighted by Crippen LogP contribution is 2.17. The Bertz CT molecular complexity index is 435. The predicted octanol–water partition coefficient (Wildman–Crippen LogP) is 2.39. The van der Waals surface area contributed by atoms with Crippen LogP contribution in [-0.4, -0.2) is 21.1 Å².